The third-order valence-corrected chi connectivity index (χ3v) is 2.58. The zero-order valence-corrected chi connectivity index (χ0v) is 10.6. The summed E-state index contributed by atoms with van der Waals surface area (Å²) in [4.78, 5) is 10.5. The van der Waals surface area contributed by atoms with Gasteiger partial charge in [-0.05, 0) is 24.6 Å². The zero-order valence-electron chi connectivity index (χ0n) is 10.6. The number of ether oxygens (including phenoxy) is 1. The molecule has 0 fully saturated rings. The van der Waals surface area contributed by atoms with Crippen molar-refractivity contribution in [3.63, 3.8) is 0 Å². The van der Waals surface area contributed by atoms with E-state index in [9.17, 15) is 9.90 Å². The molecule has 1 aromatic rings. The van der Waals surface area contributed by atoms with Crippen molar-refractivity contribution in [2.24, 2.45) is 5.73 Å². The maximum absolute atomic E-state index is 10.5. The lowest BCUT2D eigenvalue weighted by molar-refractivity contribution is 0.249. The first-order chi connectivity index (χ1) is 8.54. The van der Waals surface area contributed by atoms with E-state index >= 15 is 0 Å². The molecule has 1 atom stereocenters. The molecule has 0 radical (unpaired) electrons. The minimum Gasteiger partial charge on any atom is -0.504 e. The van der Waals surface area contributed by atoms with Gasteiger partial charge in [0.05, 0.1) is 7.11 Å². The van der Waals surface area contributed by atoms with E-state index in [1.807, 2.05) is 13.0 Å². The molecule has 0 aliphatic carbocycles. The number of phenols is 1. The lowest BCUT2D eigenvalue weighted by Gasteiger charge is -2.15. The summed E-state index contributed by atoms with van der Waals surface area (Å²) in [6.45, 7) is 3.05. The summed E-state index contributed by atoms with van der Waals surface area (Å²) in [6, 6.07) is 4.73. The molecular formula is C12H19N3O3. The van der Waals surface area contributed by atoms with Gasteiger partial charge in [0.25, 0.3) is 0 Å². The molecule has 1 aromatic carbocycles. The molecule has 0 saturated heterocycles. The quantitative estimate of drug-likeness (QED) is 0.562. The largest absolute Gasteiger partial charge is 0.504 e. The van der Waals surface area contributed by atoms with Crippen LogP contribution in [0.15, 0.2) is 18.2 Å². The Labute approximate surface area is 106 Å². The molecule has 1 rings (SSSR count). The minimum atomic E-state index is -0.532. The fourth-order valence-electron chi connectivity index (χ4n) is 1.56. The average molecular weight is 253 g/mol. The fourth-order valence-corrected chi connectivity index (χ4v) is 1.56. The van der Waals surface area contributed by atoms with Crippen molar-refractivity contribution in [3.8, 4) is 11.5 Å². The van der Waals surface area contributed by atoms with E-state index in [-0.39, 0.29) is 11.8 Å². The van der Waals surface area contributed by atoms with Crippen molar-refractivity contribution in [2.45, 2.75) is 13.0 Å². The molecule has 1 unspecified atom stereocenters. The van der Waals surface area contributed by atoms with Crippen molar-refractivity contribution < 1.29 is 14.6 Å². The predicted octanol–water partition coefficient (Wildman–Crippen LogP) is 0.720. The molecule has 6 nitrogen and oxygen atoms in total. The van der Waals surface area contributed by atoms with Gasteiger partial charge in [-0.1, -0.05) is 6.07 Å². The van der Waals surface area contributed by atoms with Gasteiger partial charge in [0.15, 0.2) is 11.5 Å². The normalized spacial score (nSPS) is 11.9. The molecule has 0 saturated carbocycles. The molecule has 0 heterocycles. The Morgan fingerprint density at radius 1 is 1.50 bits per heavy atom. The van der Waals surface area contributed by atoms with Gasteiger partial charge >= 0.3 is 6.03 Å². The van der Waals surface area contributed by atoms with Crippen LogP contribution >= 0.6 is 0 Å². The third kappa shape index (κ3) is 4.14. The fraction of sp³-hybridized carbons (Fsp3) is 0.417. The minimum absolute atomic E-state index is 0.0779. The number of nitrogens with two attached hydrogens (primary N) is 1. The van der Waals surface area contributed by atoms with Crippen LogP contribution in [-0.2, 0) is 0 Å². The number of methoxy groups -OCH3 is 1. The number of aromatic hydroxyl groups is 1. The van der Waals surface area contributed by atoms with E-state index in [1.54, 1.807) is 12.1 Å². The molecule has 6 heteroatoms. The molecule has 18 heavy (non-hydrogen) atoms. The van der Waals surface area contributed by atoms with E-state index in [0.29, 0.717) is 18.8 Å². The Hall–Kier alpha value is -1.95. The second-order valence-electron chi connectivity index (χ2n) is 3.90. The van der Waals surface area contributed by atoms with Gasteiger partial charge in [-0.25, -0.2) is 4.79 Å². The maximum Gasteiger partial charge on any atom is 0.312 e. The number of carbonyl (C=O) groups is 1. The number of primary amides is 1. The van der Waals surface area contributed by atoms with Crippen molar-refractivity contribution in [2.75, 3.05) is 20.2 Å². The highest BCUT2D eigenvalue weighted by Gasteiger charge is 2.08. The molecule has 5 N–H and O–H groups in total. The first-order valence-corrected chi connectivity index (χ1v) is 5.68. The van der Waals surface area contributed by atoms with Crippen LogP contribution in [0.5, 0.6) is 11.5 Å². The summed E-state index contributed by atoms with van der Waals surface area (Å²) >= 11 is 0. The topological polar surface area (TPSA) is 96.6 Å². The van der Waals surface area contributed by atoms with Crippen LogP contribution in [0.3, 0.4) is 0 Å². The summed E-state index contributed by atoms with van der Waals surface area (Å²) < 4.78 is 5.04. The van der Waals surface area contributed by atoms with Gasteiger partial charge in [-0.2, -0.15) is 0 Å². The zero-order chi connectivity index (χ0) is 13.5. The number of hydrogen-bond acceptors (Lipinski definition) is 4. The second kappa shape index (κ2) is 6.70. The smallest absolute Gasteiger partial charge is 0.312 e. The highest BCUT2D eigenvalue weighted by atomic mass is 16.5. The van der Waals surface area contributed by atoms with Crippen molar-refractivity contribution in [1.29, 1.82) is 0 Å². The Balaban J connectivity index is 2.50. The lowest BCUT2D eigenvalue weighted by atomic mass is 10.1. The highest BCUT2D eigenvalue weighted by Crippen LogP contribution is 2.28. The average Bonchev–Trinajstić information content (AvgIpc) is 2.34. The summed E-state index contributed by atoms with van der Waals surface area (Å²) in [7, 11) is 1.51. The Morgan fingerprint density at radius 3 is 2.83 bits per heavy atom. The number of phenolic OH excluding ortho intramolecular Hbond substituents is 1. The SMILES string of the molecule is COc1cc(C(C)NCCNC(N)=O)ccc1O. The monoisotopic (exact) mass is 253 g/mol. The van der Waals surface area contributed by atoms with Crippen LogP contribution in [0.1, 0.15) is 18.5 Å². The number of benzene rings is 1. The number of nitrogens with one attached hydrogen (secondary N) is 2. The predicted molar refractivity (Wildman–Crippen MR) is 68.7 cm³/mol. The number of urea groups is 1. The highest BCUT2D eigenvalue weighted by molar-refractivity contribution is 5.71. The Morgan fingerprint density at radius 2 is 2.22 bits per heavy atom. The standard InChI is InChI=1S/C12H19N3O3/c1-8(14-5-6-15-12(13)17)9-3-4-10(16)11(7-9)18-2/h3-4,7-8,14,16H,5-6H2,1-2H3,(H3,13,15,17). The van der Waals surface area contributed by atoms with E-state index in [0.717, 1.165) is 5.56 Å². The third-order valence-electron chi connectivity index (χ3n) is 2.58. The summed E-state index contributed by atoms with van der Waals surface area (Å²) in [5.74, 6) is 0.556. The summed E-state index contributed by atoms with van der Waals surface area (Å²) in [5, 5.41) is 15.2. The first kappa shape index (κ1) is 14.1. The van der Waals surface area contributed by atoms with Gasteiger partial charge in [0.1, 0.15) is 0 Å². The van der Waals surface area contributed by atoms with Crippen LogP contribution in [0.4, 0.5) is 4.79 Å². The van der Waals surface area contributed by atoms with E-state index in [4.69, 9.17) is 10.5 Å². The van der Waals surface area contributed by atoms with E-state index < -0.39 is 6.03 Å². The van der Waals surface area contributed by atoms with Gasteiger partial charge in [-0.15, -0.1) is 0 Å². The molecular weight excluding hydrogens is 234 g/mol. The number of amides is 2. The first-order valence-electron chi connectivity index (χ1n) is 5.68. The second-order valence-corrected chi connectivity index (χ2v) is 3.90. The van der Waals surface area contributed by atoms with Gasteiger partial charge in [0.2, 0.25) is 0 Å². The number of rotatable bonds is 6. The van der Waals surface area contributed by atoms with Crippen molar-refractivity contribution >= 4 is 6.03 Å². The molecule has 0 bridgehead atoms. The van der Waals surface area contributed by atoms with Crippen LogP contribution in [0, 0.1) is 0 Å². The summed E-state index contributed by atoms with van der Waals surface area (Å²) in [5.41, 5.74) is 5.94. The molecule has 0 aliphatic heterocycles. The summed E-state index contributed by atoms with van der Waals surface area (Å²) in [6.07, 6.45) is 0. The molecule has 100 valence electrons. The van der Waals surface area contributed by atoms with E-state index in [2.05, 4.69) is 10.6 Å². The van der Waals surface area contributed by atoms with Gasteiger partial charge < -0.3 is 26.2 Å². The van der Waals surface area contributed by atoms with Gasteiger partial charge in [-0.3, -0.25) is 0 Å². The molecule has 0 spiro atoms. The van der Waals surface area contributed by atoms with Crippen LogP contribution < -0.4 is 21.1 Å². The molecule has 2 amide bonds. The van der Waals surface area contributed by atoms with Crippen LogP contribution in [0.25, 0.3) is 0 Å². The van der Waals surface area contributed by atoms with Crippen LogP contribution in [0.2, 0.25) is 0 Å². The van der Waals surface area contributed by atoms with Crippen molar-refractivity contribution in [3.05, 3.63) is 23.8 Å². The number of carbonyl (C=O) groups excluding carboxylic acids is 1. The Kier molecular flexibility index (Phi) is 5.26. The molecule has 0 aliphatic rings. The van der Waals surface area contributed by atoms with Gasteiger partial charge in [0, 0.05) is 19.1 Å². The number of hydrogen-bond donors (Lipinski definition) is 4. The maximum atomic E-state index is 10.5. The Bertz CT molecular complexity index is 410. The lowest BCUT2D eigenvalue weighted by Crippen LogP contribution is -2.36. The van der Waals surface area contributed by atoms with Crippen molar-refractivity contribution in [1.82, 2.24) is 10.6 Å². The van der Waals surface area contributed by atoms with Crippen LogP contribution in [-0.4, -0.2) is 31.3 Å². The van der Waals surface area contributed by atoms with E-state index in [1.165, 1.54) is 7.11 Å². The molecule has 0 aromatic heterocycles.